The van der Waals surface area contributed by atoms with Crippen LogP contribution in [0.4, 0.5) is 0 Å². The maximum Gasteiger partial charge on any atom is 0.459 e. The smallest absolute Gasteiger partial charge is 0.459 e. The second-order valence-electron chi connectivity index (χ2n) is 8.89. The maximum atomic E-state index is 13.7. The Morgan fingerprint density at radius 3 is 2.57 bits per heavy atom. The molecular formula is C22H29ClN3O9PS. The summed E-state index contributed by atoms with van der Waals surface area (Å²) in [6.07, 6.45) is -3.01. The Morgan fingerprint density at radius 2 is 1.97 bits per heavy atom. The van der Waals surface area contributed by atoms with Crippen LogP contribution in [0.5, 0.6) is 5.75 Å². The summed E-state index contributed by atoms with van der Waals surface area (Å²) in [5, 5.41) is 24.7. The number of benzene rings is 1. The summed E-state index contributed by atoms with van der Waals surface area (Å²) < 4.78 is 37.0. The third-order valence-electron chi connectivity index (χ3n) is 5.36. The number of H-pyrrole nitrogens is 1. The molecule has 15 heteroatoms. The lowest BCUT2D eigenvalue weighted by atomic mass is 9.96. The summed E-state index contributed by atoms with van der Waals surface area (Å²) in [6.45, 7) is 5.56. The molecule has 0 aliphatic carbocycles. The molecule has 0 amide bonds. The van der Waals surface area contributed by atoms with Gasteiger partial charge >= 0.3 is 13.7 Å². The third kappa shape index (κ3) is 7.27. The first-order valence-electron chi connectivity index (χ1n) is 11.3. The van der Waals surface area contributed by atoms with Crippen LogP contribution in [0.1, 0.15) is 33.9 Å². The molecule has 0 radical (unpaired) electrons. The fourth-order valence-corrected chi connectivity index (χ4v) is 5.40. The van der Waals surface area contributed by atoms with E-state index in [9.17, 15) is 24.4 Å². The molecule has 204 valence electrons. The van der Waals surface area contributed by atoms with Gasteiger partial charge in [0.05, 0.1) is 12.7 Å². The van der Waals surface area contributed by atoms with E-state index in [4.69, 9.17) is 42.3 Å². The highest BCUT2D eigenvalue weighted by Crippen LogP contribution is 2.47. The molecule has 2 aromatic rings. The molecule has 4 N–H and O–H groups in total. The van der Waals surface area contributed by atoms with Crippen LogP contribution < -0.4 is 15.2 Å². The molecule has 1 saturated heterocycles. The van der Waals surface area contributed by atoms with Crippen LogP contribution in [0.3, 0.4) is 0 Å². The van der Waals surface area contributed by atoms with Crippen molar-refractivity contribution in [3.05, 3.63) is 56.7 Å². The lowest BCUT2D eigenvalue weighted by Crippen LogP contribution is -2.45. The molecule has 37 heavy (non-hydrogen) atoms. The number of hydrogen-bond donors (Lipinski definition) is 4. The van der Waals surface area contributed by atoms with Crippen molar-refractivity contribution in [1.29, 1.82) is 0 Å². The molecule has 1 unspecified atom stereocenters. The van der Waals surface area contributed by atoms with E-state index in [1.165, 1.54) is 54.9 Å². The van der Waals surface area contributed by atoms with Crippen molar-refractivity contribution in [3.8, 4) is 5.75 Å². The summed E-state index contributed by atoms with van der Waals surface area (Å²) in [5.74, 6) is -0.562. The lowest BCUT2D eigenvalue weighted by Gasteiger charge is -2.28. The van der Waals surface area contributed by atoms with Gasteiger partial charge in [-0.25, -0.2) is 4.57 Å². The number of esters is 1. The quantitative estimate of drug-likeness (QED) is 0.187. The van der Waals surface area contributed by atoms with Crippen LogP contribution in [0, 0.1) is 4.77 Å². The predicted molar refractivity (Wildman–Crippen MR) is 136 cm³/mol. The van der Waals surface area contributed by atoms with Crippen molar-refractivity contribution in [2.45, 2.75) is 63.9 Å². The molecule has 0 spiro atoms. The largest absolute Gasteiger partial charge is 0.462 e. The minimum absolute atomic E-state index is 0.0394. The van der Waals surface area contributed by atoms with E-state index in [2.05, 4.69) is 10.1 Å². The SMILES string of the molecule is CC(C)OC(=O)[C@H](C)N[P@@](=O)(OC[C@H]1O[C@@H](n2ccc(=O)[nH]c2=S)C(C)(O)[C@H]1O)Oc1ccc(Cl)cc1. The fourth-order valence-electron chi connectivity index (χ4n) is 3.51. The lowest BCUT2D eigenvalue weighted by molar-refractivity contribution is -0.149. The van der Waals surface area contributed by atoms with Gasteiger partial charge in [0, 0.05) is 17.3 Å². The fraction of sp³-hybridized carbons (Fsp3) is 0.500. The number of aliphatic hydroxyl groups excluding tert-OH is 1. The van der Waals surface area contributed by atoms with Crippen LogP contribution in [0.2, 0.25) is 5.02 Å². The molecule has 0 bridgehead atoms. The standard InChI is InChI=1S/C22H29ClN3O9PS/c1-12(2)33-19(29)13(3)25-36(31,35-15-7-5-14(23)6-8-15)32-11-16-18(28)22(4,30)20(34-16)26-10-9-17(27)24-21(26)37/h5-10,12-13,16,18,20,28,30H,11H2,1-4H3,(H,25,31)(H,24,27,37)/t13-,16+,18-,20+,22?,36+/m0/s1. The number of carbonyl (C=O) groups excluding carboxylic acids is 1. The van der Waals surface area contributed by atoms with Crippen LogP contribution in [0.25, 0.3) is 0 Å². The Morgan fingerprint density at radius 1 is 1.32 bits per heavy atom. The number of rotatable bonds is 10. The summed E-state index contributed by atoms with van der Waals surface area (Å²) >= 11 is 11.0. The van der Waals surface area contributed by atoms with Crippen molar-refractivity contribution >= 4 is 37.5 Å². The number of nitrogens with one attached hydrogen (secondary N) is 2. The third-order valence-corrected chi connectivity index (χ3v) is 7.57. The van der Waals surface area contributed by atoms with Crippen molar-refractivity contribution < 1.29 is 38.1 Å². The molecule has 12 nitrogen and oxygen atoms in total. The minimum atomic E-state index is -4.28. The summed E-state index contributed by atoms with van der Waals surface area (Å²) in [4.78, 5) is 26.2. The van der Waals surface area contributed by atoms with E-state index in [0.29, 0.717) is 5.02 Å². The summed E-state index contributed by atoms with van der Waals surface area (Å²) in [7, 11) is -4.28. The molecule has 6 atom stereocenters. The van der Waals surface area contributed by atoms with E-state index in [1.54, 1.807) is 13.8 Å². The Hall–Kier alpha value is -2.09. The van der Waals surface area contributed by atoms with Crippen LogP contribution in [-0.4, -0.2) is 62.3 Å². The maximum absolute atomic E-state index is 13.7. The summed E-state index contributed by atoms with van der Waals surface area (Å²) in [5.41, 5.74) is -2.32. The number of carbonyl (C=O) groups is 1. The van der Waals surface area contributed by atoms with E-state index in [0.717, 1.165) is 0 Å². The van der Waals surface area contributed by atoms with Gasteiger partial charge in [-0.15, -0.1) is 0 Å². The number of nitrogens with zero attached hydrogens (tertiary/aromatic N) is 1. The van der Waals surface area contributed by atoms with Gasteiger partial charge < -0.3 is 24.2 Å². The normalized spacial score (nSPS) is 26.0. The van der Waals surface area contributed by atoms with E-state index >= 15 is 0 Å². The second kappa shape index (κ2) is 11.7. The Kier molecular flexibility index (Phi) is 9.36. The van der Waals surface area contributed by atoms with Crippen LogP contribution in [0.15, 0.2) is 41.3 Å². The number of aliphatic hydroxyl groups is 2. The van der Waals surface area contributed by atoms with Gasteiger partial charge in [-0.2, -0.15) is 5.09 Å². The molecular weight excluding hydrogens is 549 g/mol. The van der Waals surface area contributed by atoms with Gasteiger partial charge in [-0.3, -0.25) is 23.7 Å². The van der Waals surface area contributed by atoms with Crippen molar-refractivity contribution in [1.82, 2.24) is 14.6 Å². The van der Waals surface area contributed by atoms with Crippen LogP contribution >= 0.6 is 31.6 Å². The van der Waals surface area contributed by atoms with Gasteiger partial charge in [0.1, 0.15) is 29.6 Å². The van der Waals surface area contributed by atoms with Gasteiger partial charge in [-0.1, -0.05) is 11.6 Å². The van der Waals surface area contributed by atoms with E-state index in [-0.39, 0.29) is 10.5 Å². The summed E-state index contributed by atoms with van der Waals surface area (Å²) in [6, 6.07) is 6.02. The molecule has 3 rings (SSSR count). The Bertz CT molecular complexity index is 1270. The molecule has 0 saturated carbocycles. The Labute approximate surface area is 223 Å². The first-order chi connectivity index (χ1) is 17.2. The topological polar surface area (TPSA) is 161 Å². The highest BCUT2D eigenvalue weighted by atomic mass is 35.5. The average molecular weight is 578 g/mol. The molecule has 1 aliphatic heterocycles. The first-order valence-corrected chi connectivity index (χ1v) is 13.6. The Balaban J connectivity index is 1.81. The zero-order valence-electron chi connectivity index (χ0n) is 20.5. The van der Waals surface area contributed by atoms with Gasteiger partial charge in [0.15, 0.2) is 11.0 Å². The number of hydrogen-bond acceptors (Lipinski definition) is 10. The first kappa shape index (κ1) is 29.5. The number of aromatic amines is 1. The predicted octanol–water partition coefficient (Wildman–Crippen LogP) is 2.70. The average Bonchev–Trinajstić information content (AvgIpc) is 3.02. The minimum Gasteiger partial charge on any atom is -0.462 e. The van der Waals surface area contributed by atoms with Gasteiger partial charge in [0.2, 0.25) is 0 Å². The number of aromatic nitrogens is 2. The van der Waals surface area contributed by atoms with Crippen molar-refractivity contribution in [2.24, 2.45) is 0 Å². The van der Waals surface area contributed by atoms with E-state index < -0.39 is 62.1 Å². The highest BCUT2D eigenvalue weighted by Gasteiger charge is 2.53. The van der Waals surface area contributed by atoms with Crippen LogP contribution in [-0.2, 0) is 23.4 Å². The van der Waals surface area contributed by atoms with Crippen molar-refractivity contribution in [3.63, 3.8) is 0 Å². The van der Waals surface area contributed by atoms with E-state index in [1.807, 2.05) is 0 Å². The molecule has 2 heterocycles. The second-order valence-corrected chi connectivity index (χ2v) is 11.4. The number of halogens is 1. The monoisotopic (exact) mass is 577 g/mol. The van der Waals surface area contributed by atoms with Crippen molar-refractivity contribution in [2.75, 3.05) is 6.61 Å². The van der Waals surface area contributed by atoms with Gasteiger partial charge in [-0.05, 0) is 64.2 Å². The molecule has 1 aliphatic rings. The molecule has 1 aromatic heterocycles. The molecule has 1 fully saturated rings. The molecule has 1 aromatic carbocycles. The zero-order chi connectivity index (χ0) is 27.5. The highest BCUT2D eigenvalue weighted by molar-refractivity contribution is 7.71. The van der Waals surface area contributed by atoms with Gasteiger partial charge in [0.25, 0.3) is 5.56 Å². The zero-order valence-corrected chi connectivity index (χ0v) is 23.0. The number of ether oxygens (including phenoxy) is 2.